The molecule has 0 bridgehead atoms. The number of aryl methyl sites for hydroxylation is 2. The number of aliphatic carboxylic acids is 1. The summed E-state index contributed by atoms with van der Waals surface area (Å²) < 4.78 is 18.8. The Labute approximate surface area is 242 Å². The van der Waals surface area contributed by atoms with E-state index in [1.807, 2.05) is 13.8 Å². The van der Waals surface area contributed by atoms with Crippen LogP contribution in [0.2, 0.25) is 5.02 Å². The number of unbranched alkanes of at least 4 members (excludes halogenated alkanes) is 1. The Kier molecular flexibility index (Phi) is 12.2. The van der Waals surface area contributed by atoms with Crippen molar-refractivity contribution in [1.29, 1.82) is 0 Å². The molecule has 0 radical (unpaired) electrons. The lowest BCUT2D eigenvalue weighted by molar-refractivity contribution is -0.139. The Bertz CT molecular complexity index is 1130. The van der Waals surface area contributed by atoms with Crippen LogP contribution in [0.4, 0.5) is 10.2 Å². The minimum atomic E-state index is -0.982. The molecule has 0 aromatic carbocycles. The third-order valence-electron chi connectivity index (χ3n) is 7.56. The number of rotatable bonds is 17. The van der Waals surface area contributed by atoms with Gasteiger partial charge in [0.05, 0.1) is 16.8 Å². The lowest BCUT2D eigenvalue weighted by Gasteiger charge is -2.32. The number of carboxylic acid groups (broad SMARTS) is 1. The molecule has 0 aliphatic carbocycles. The van der Waals surface area contributed by atoms with Crippen molar-refractivity contribution in [3.63, 3.8) is 0 Å². The summed E-state index contributed by atoms with van der Waals surface area (Å²) in [6, 6.07) is 6.88. The van der Waals surface area contributed by atoms with Crippen molar-refractivity contribution in [2.24, 2.45) is 0 Å². The van der Waals surface area contributed by atoms with Crippen molar-refractivity contribution >= 4 is 23.4 Å². The van der Waals surface area contributed by atoms with Crippen LogP contribution >= 0.6 is 11.6 Å². The van der Waals surface area contributed by atoms with Gasteiger partial charge in [0.2, 0.25) is 0 Å². The van der Waals surface area contributed by atoms with E-state index in [2.05, 4.69) is 39.2 Å². The standard InChI is InChI=1S/C30H43ClFN5O3/c1-21(30(2,3)27-25(31)11-8-15-33-27)35-26(29(38)39)14-18-37(20-24(19-32)40-4)17-6-5-10-23-13-12-22-9-7-16-34-28(22)36-23/h8,11-13,15,24,26,35H,1,5-7,9-10,14,16-20H2,2-4H3,(H,34,36)(H,38,39). The first-order valence-electron chi connectivity index (χ1n) is 14.0. The first kappa shape index (κ1) is 31.8. The Morgan fingerprint density at radius 2 is 2.12 bits per heavy atom. The average Bonchev–Trinajstić information content (AvgIpc) is 2.95. The Morgan fingerprint density at radius 1 is 1.32 bits per heavy atom. The average molecular weight is 576 g/mol. The summed E-state index contributed by atoms with van der Waals surface area (Å²) >= 11 is 6.36. The predicted octanol–water partition coefficient (Wildman–Crippen LogP) is 5.02. The molecule has 2 unspecified atom stereocenters. The second-order valence-corrected chi connectivity index (χ2v) is 11.3. The first-order valence-corrected chi connectivity index (χ1v) is 14.4. The molecule has 3 N–H and O–H groups in total. The SMILES string of the molecule is C=C(NC(CCN(CCCCc1ccc2c(n1)NCCC2)CC(CF)OC)C(=O)O)C(C)(C)c1ncccc1Cl. The second kappa shape index (κ2) is 15.3. The largest absolute Gasteiger partial charge is 0.480 e. The summed E-state index contributed by atoms with van der Waals surface area (Å²) in [7, 11) is 1.49. The van der Waals surface area contributed by atoms with Gasteiger partial charge in [-0.1, -0.05) is 24.2 Å². The minimum absolute atomic E-state index is 0.307. The van der Waals surface area contributed by atoms with E-state index in [4.69, 9.17) is 21.3 Å². The molecule has 220 valence electrons. The number of ether oxygens (including phenoxy) is 1. The van der Waals surface area contributed by atoms with Gasteiger partial charge in [0, 0.05) is 49.7 Å². The summed E-state index contributed by atoms with van der Waals surface area (Å²) in [5, 5.41) is 16.9. The van der Waals surface area contributed by atoms with Crippen LogP contribution in [0.5, 0.6) is 0 Å². The smallest absolute Gasteiger partial charge is 0.326 e. The van der Waals surface area contributed by atoms with Gasteiger partial charge >= 0.3 is 5.97 Å². The molecular formula is C30H43ClFN5O3. The van der Waals surface area contributed by atoms with E-state index in [0.717, 1.165) is 50.2 Å². The molecule has 3 rings (SSSR count). The highest BCUT2D eigenvalue weighted by Crippen LogP contribution is 2.32. The van der Waals surface area contributed by atoms with Gasteiger partial charge in [-0.15, -0.1) is 0 Å². The van der Waals surface area contributed by atoms with Crippen molar-refractivity contribution in [2.75, 3.05) is 45.3 Å². The van der Waals surface area contributed by atoms with E-state index >= 15 is 0 Å². The topological polar surface area (TPSA) is 99.6 Å². The molecule has 40 heavy (non-hydrogen) atoms. The second-order valence-electron chi connectivity index (χ2n) is 10.9. The highest BCUT2D eigenvalue weighted by atomic mass is 35.5. The zero-order valence-corrected chi connectivity index (χ0v) is 24.6. The highest BCUT2D eigenvalue weighted by Gasteiger charge is 2.31. The van der Waals surface area contributed by atoms with Gasteiger partial charge in [-0.05, 0) is 82.7 Å². The van der Waals surface area contributed by atoms with Crippen LogP contribution in [-0.4, -0.2) is 78.1 Å². The third kappa shape index (κ3) is 8.88. The number of aromatic nitrogens is 2. The molecule has 10 heteroatoms. The Hall–Kier alpha value is -2.75. The number of nitrogens with zero attached hydrogens (tertiary/aromatic N) is 3. The molecule has 2 aromatic heterocycles. The Morgan fingerprint density at radius 3 is 2.83 bits per heavy atom. The fourth-order valence-electron chi connectivity index (χ4n) is 4.87. The summed E-state index contributed by atoms with van der Waals surface area (Å²) in [5.41, 5.74) is 2.77. The number of carboxylic acids is 1. The van der Waals surface area contributed by atoms with Crippen LogP contribution in [0.3, 0.4) is 0 Å². The van der Waals surface area contributed by atoms with Crippen LogP contribution in [0.15, 0.2) is 42.7 Å². The van der Waals surface area contributed by atoms with Crippen molar-refractivity contribution in [2.45, 2.75) is 69.9 Å². The predicted molar refractivity (Wildman–Crippen MR) is 158 cm³/mol. The molecule has 0 saturated carbocycles. The number of fused-ring (bicyclic) bond motifs is 1. The number of carbonyl (C=O) groups is 1. The molecule has 2 atom stereocenters. The summed E-state index contributed by atoms with van der Waals surface area (Å²) in [6.45, 7) is 9.83. The van der Waals surface area contributed by atoms with Crippen LogP contribution in [-0.2, 0) is 27.8 Å². The lowest BCUT2D eigenvalue weighted by atomic mass is 9.85. The van der Waals surface area contributed by atoms with Crippen LogP contribution in [0.1, 0.15) is 56.5 Å². The molecule has 1 aliphatic heterocycles. The van der Waals surface area contributed by atoms with Gasteiger partial charge in [-0.25, -0.2) is 14.2 Å². The van der Waals surface area contributed by atoms with E-state index in [0.29, 0.717) is 42.5 Å². The summed E-state index contributed by atoms with van der Waals surface area (Å²) in [6.07, 6.45) is 6.24. The van der Waals surface area contributed by atoms with Gasteiger partial charge in [0.15, 0.2) is 0 Å². The van der Waals surface area contributed by atoms with E-state index in [-0.39, 0.29) is 0 Å². The Balaban J connectivity index is 1.57. The minimum Gasteiger partial charge on any atom is -0.480 e. The van der Waals surface area contributed by atoms with Gasteiger partial charge in [0.25, 0.3) is 0 Å². The maximum Gasteiger partial charge on any atom is 0.326 e. The maximum absolute atomic E-state index is 13.5. The van der Waals surface area contributed by atoms with Crippen LogP contribution in [0.25, 0.3) is 0 Å². The fraction of sp³-hybridized carbons (Fsp3) is 0.567. The van der Waals surface area contributed by atoms with Crippen molar-refractivity contribution < 1.29 is 19.0 Å². The lowest BCUT2D eigenvalue weighted by Crippen LogP contribution is -2.44. The number of methoxy groups -OCH3 is 1. The van der Waals surface area contributed by atoms with Gasteiger partial charge in [-0.2, -0.15) is 0 Å². The molecule has 1 aliphatic rings. The van der Waals surface area contributed by atoms with E-state index in [1.54, 1.807) is 18.3 Å². The third-order valence-corrected chi connectivity index (χ3v) is 7.87. The van der Waals surface area contributed by atoms with Crippen LogP contribution < -0.4 is 10.6 Å². The monoisotopic (exact) mass is 575 g/mol. The highest BCUT2D eigenvalue weighted by molar-refractivity contribution is 6.31. The zero-order chi connectivity index (χ0) is 29.1. The van der Waals surface area contributed by atoms with E-state index in [9.17, 15) is 14.3 Å². The number of pyridine rings is 2. The van der Waals surface area contributed by atoms with Gasteiger partial charge < -0.3 is 25.4 Å². The van der Waals surface area contributed by atoms with Crippen molar-refractivity contribution in [1.82, 2.24) is 20.2 Å². The van der Waals surface area contributed by atoms with Crippen LogP contribution in [0, 0.1) is 0 Å². The zero-order valence-electron chi connectivity index (χ0n) is 23.9. The molecule has 8 nitrogen and oxygen atoms in total. The molecule has 0 spiro atoms. The number of hydrogen-bond acceptors (Lipinski definition) is 7. The maximum atomic E-state index is 13.5. The molecule has 0 fully saturated rings. The fourth-order valence-corrected chi connectivity index (χ4v) is 5.22. The number of alkyl halides is 1. The van der Waals surface area contributed by atoms with Gasteiger partial charge in [0.1, 0.15) is 18.5 Å². The van der Waals surface area contributed by atoms with Gasteiger partial charge in [-0.3, -0.25) is 4.98 Å². The van der Waals surface area contributed by atoms with Crippen molar-refractivity contribution in [3.8, 4) is 0 Å². The van der Waals surface area contributed by atoms with E-state index < -0.39 is 30.2 Å². The number of halogens is 2. The quantitative estimate of drug-likeness (QED) is 0.226. The molecule has 3 heterocycles. The normalized spacial score (nSPS) is 14.8. The molecular weight excluding hydrogens is 533 g/mol. The molecule has 0 amide bonds. The van der Waals surface area contributed by atoms with E-state index in [1.165, 1.54) is 12.7 Å². The number of nitrogens with one attached hydrogen (secondary N) is 2. The number of hydrogen-bond donors (Lipinski definition) is 3. The molecule has 2 aromatic rings. The summed E-state index contributed by atoms with van der Waals surface area (Å²) in [5.74, 6) is 0.0171. The summed E-state index contributed by atoms with van der Waals surface area (Å²) in [4.78, 5) is 23.4. The number of allylic oxidation sites excluding steroid dienone is 1. The van der Waals surface area contributed by atoms with Crippen molar-refractivity contribution in [3.05, 3.63) is 64.7 Å². The number of anilines is 1. The molecule has 0 saturated heterocycles. The first-order chi connectivity index (χ1) is 19.1.